The van der Waals surface area contributed by atoms with Crippen LogP contribution in [0.5, 0.6) is 0 Å². The quantitative estimate of drug-likeness (QED) is 0.557. The summed E-state index contributed by atoms with van der Waals surface area (Å²) >= 11 is 2.35. The monoisotopic (exact) mass is 308 g/mol. The molecule has 0 bridgehead atoms. The Morgan fingerprint density at radius 1 is 1.07 bits per heavy atom. The van der Waals surface area contributed by atoms with E-state index in [9.17, 15) is 0 Å². The molecule has 2 heteroatoms. The van der Waals surface area contributed by atoms with Gasteiger partial charge in [0, 0.05) is 14.3 Å². The van der Waals surface area contributed by atoms with E-state index in [1.165, 1.54) is 19.9 Å². The van der Waals surface area contributed by atoms with Crippen LogP contribution in [0.25, 0.3) is 21.9 Å². The molecule has 1 heterocycles. The van der Waals surface area contributed by atoms with Crippen LogP contribution in [0, 0.1) is 10.5 Å². The van der Waals surface area contributed by atoms with E-state index in [2.05, 4.69) is 47.7 Å². The lowest BCUT2D eigenvalue weighted by molar-refractivity contribution is 0.668. The molecule has 2 aromatic carbocycles. The molecule has 0 aliphatic rings. The van der Waals surface area contributed by atoms with Crippen molar-refractivity contribution in [2.75, 3.05) is 0 Å². The standard InChI is InChI=1S/C13H9IO/c1-8-5-6-11-9(7-8)13-10(14)3-2-4-12(13)15-11/h2-7H,1H3. The van der Waals surface area contributed by atoms with Gasteiger partial charge in [0.2, 0.25) is 0 Å². The van der Waals surface area contributed by atoms with Gasteiger partial charge in [0.25, 0.3) is 0 Å². The minimum Gasteiger partial charge on any atom is -0.456 e. The van der Waals surface area contributed by atoms with Crippen molar-refractivity contribution in [1.82, 2.24) is 0 Å². The van der Waals surface area contributed by atoms with E-state index in [1.54, 1.807) is 0 Å². The van der Waals surface area contributed by atoms with E-state index >= 15 is 0 Å². The van der Waals surface area contributed by atoms with Gasteiger partial charge in [-0.15, -0.1) is 0 Å². The fraction of sp³-hybridized carbons (Fsp3) is 0.0769. The van der Waals surface area contributed by atoms with Gasteiger partial charge < -0.3 is 4.42 Å². The third kappa shape index (κ3) is 1.35. The number of halogens is 1. The number of benzene rings is 2. The number of rotatable bonds is 0. The van der Waals surface area contributed by atoms with E-state index in [0.29, 0.717) is 0 Å². The summed E-state index contributed by atoms with van der Waals surface area (Å²) in [6.45, 7) is 2.11. The number of hydrogen-bond donors (Lipinski definition) is 0. The molecule has 15 heavy (non-hydrogen) atoms. The Balaban J connectivity index is 2.61. The highest BCUT2D eigenvalue weighted by molar-refractivity contribution is 14.1. The Hall–Kier alpha value is -1.03. The van der Waals surface area contributed by atoms with E-state index in [4.69, 9.17) is 4.42 Å². The van der Waals surface area contributed by atoms with Crippen molar-refractivity contribution in [3.8, 4) is 0 Å². The number of hydrogen-bond acceptors (Lipinski definition) is 1. The second-order valence-corrected chi connectivity index (χ2v) is 4.88. The first-order valence-electron chi connectivity index (χ1n) is 4.83. The van der Waals surface area contributed by atoms with Gasteiger partial charge in [-0.05, 0) is 53.8 Å². The third-order valence-electron chi connectivity index (χ3n) is 2.60. The van der Waals surface area contributed by atoms with E-state index < -0.39 is 0 Å². The minimum absolute atomic E-state index is 0.972. The van der Waals surface area contributed by atoms with Crippen LogP contribution in [-0.4, -0.2) is 0 Å². The molecule has 0 atom stereocenters. The normalized spacial score (nSPS) is 11.3. The lowest BCUT2D eigenvalue weighted by atomic mass is 10.1. The second kappa shape index (κ2) is 3.23. The van der Waals surface area contributed by atoms with Gasteiger partial charge in [0.1, 0.15) is 11.2 Å². The van der Waals surface area contributed by atoms with Gasteiger partial charge in [0.05, 0.1) is 0 Å². The molecule has 3 rings (SSSR count). The third-order valence-corrected chi connectivity index (χ3v) is 3.50. The first-order chi connectivity index (χ1) is 7.25. The van der Waals surface area contributed by atoms with Crippen molar-refractivity contribution in [2.45, 2.75) is 6.92 Å². The van der Waals surface area contributed by atoms with Gasteiger partial charge in [-0.2, -0.15) is 0 Å². The van der Waals surface area contributed by atoms with Crippen molar-refractivity contribution < 1.29 is 4.42 Å². The highest BCUT2D eigenvalue weighted by atomic mass is 127. The first-order valence-corrected chi connectivity index (χ1v) is 5.91. The Kier molecular flexibility index (Phi) is 1.99. The maximum atomic E-state index is 5.78. The van der Waals surface area contributed by atoms with Crippen molar-refractivity contribution in [3.05, 3.63) is 45.5 Å². The maximum absolute atomic E-state index is 5.78. The summed E-state index contributed by atoms with van der Waals surface area (Å²) in [5, 5.41) is 2.45. The predicted octanol–water partition coefficient (Wildman–Crippen LogP) is 4.50. The fourth-order valence-corrected chi connectivity index (χ4v) is 2.66. The molecule has 0 spiro atoms. The lowest BCUT2D eigenvalue weighted by Gasteiger charge is -1.93. The average molecular weight is 308 g/mol. The van der Waals surface area contributed by atoms with Crippen molar-refractivity contribution in [1.29, 1.82) is 0 Å². The summed E-state index contributed by atoms with van der Waals surface area (Å²) in [4.78, 5) is 0. The first kappa shape index (κ1) is 9.21. The summed E-state index contributed by atoms with van der Waals surface area (Å²) < 4.78 is 7.03. The zero-order chi connectivity index (χ0) is 10.4. The number of fused-ring (bicyclic) bond motifs is 3. The summed E-state index contributed by atoms with van der Waals surface area (Å²) in [5.41, 5.74) is 3.21. The average Bonchev–Trinajstić information content (AvgIpc) is 2.57. The Labute approximate surface area is 101 Å². The highest BCUT2D eigenvalue weighted by Crippen LogP contribution is 2.32. The van der Waals surface area contributed by atoms with Crippen LogP contribution in [0.15, 0.2) is 40.8 Å². The molecular weight excluding hydrogens is 299 g/mol. The molecule has 0 aliphatic heterocycles. The molecule has 74 valence electrons. The van der Waals surface area contributed by atoms with E-state index in [-0.39, 0.29) is 0 Å². The topological polar surface area (TPSA) is 13.1 Å². The van der Waals surface area contributed by atoms with Crippen LogP contribution >= 0.6 is 22.6 Å². The van der Waals surface area contributed by atoms with E-state index in [1.807, 2.05) is 18.2 Å². The van der Waals surface area contributed by atoms with Crippen LogP contribution < -0.4 is 0 Å². The molecule has 0 amide bonds. The van der Waals surface area contributed by atoms with Crippen LogP contribution in [0.3, 0.4) is 0 Å². The van der Waals surface area contributed by atoms with Gasteiger partial charge in [0.15, 0.2) is 0 Å². The molecule has 0 aliphatic carbocycles. The van der Waals surface area contributed by atoms with Gasteiger partial charge in [-0.25, -0.2) is 0 Å². The smallest absolute Gasteiger partial charge is 0.136 e. The van der Waals surface area contributed by atoms with Crippen molar-refractivity contribution in [3.63, 3.8) is 0 Å². The Morgan fingerprint density at radius 2 is 1.93 bits per heavy atom. The van der Waals surface area contributed by atoms with E-state index in [0.717, 1.165) is 11.2 Å². The Bertz CT molecular complexity index is 652. The zero-order valence-electron chi connectivity index (χ0n) is 8.25. The summed E-state index contributed by atoms with van der Waals surface area (Å²) in [6, 6.07) is 12.5. The molecule has 0 radical (unpaired) electrons. The van der Waals surface area contributed by atoms with Crippen molar-refractivity contribution >= 4 is 44.5 Å². The van der Waals surface area contributed by atoms with Crippen LogP contribution in [0.4, 0.5) is 0 Å². The molecular formula is C13H9IO. The molecule has 0 unspecified atom stereocenters. The molecule has 3 aromatic rings. The fourth-order valence-electron chi connectivity index (χ4n) is 1.90. The maximum Gasteiger partial charge on any atom is 0.136 e. The van der Waals surface area contributed by atoms with Gasteiger partial charge in [-0.3, -0.25) is 0 Å². The number of aryl methyl sites for hydroxylation is 1. The minimum atomic E-state index is 0.972. The van der Waals surface area contributed by atoms with Crippen LogP contribution in [-0.2, 0) is 0 Å². The molecule has 1 aromatic heterocycles. The van der Waals surface area contributed by atoms with Crippen LogP contribution in [0.2, 0.25) is 0 Å². The molecule has 0 N–H and O–H groups in total. The predicted molar refractivity (Wildman–Crippen MR) is 71.2 cm³/mol. The largest absolute Gasteiger partial charge is 0.456 e. The zero-order valence-corrected chi connectivity index (χ0v) is 10.4. The van der Waals surface area contributed by atoms with Gasteiger partial charge in [-0.1, -0.05) is 17.7 Å². The summed E-state index contributed by atoms with van der Waals surface area (Å²) in [6.07, 6.45) is 0. The summed E-state index contributed by atoms with van der Waals surface area (Å²) in [7, 11) is 0. The van der Waals surface area contributed by atoms with Crippen LogP contribution in [0.1, 0.15) is 5.56 Å². The molecule has 0 saturated carbocycles. The SMILES string of the molecule is Cc1ccc2oc3cccc(I)c3c2c1. The van der Waals surface area contributed by atoms with Crippen molar-refractivity contribution in [2.24, 2.45) is 0 Å². The second-order valence-electron chi connectivity index (χ2n) is 3.71. The molecule has 0 saturated heterocycles. The molecule has 0 fully saturated rings. The highest BCUT2D eigenvalue weighted by Gasteiger charge is 2.08. The lowest BCUT2D eigenvalue weighted by Crippen LogP contribution is -1.74. The molecule has 1 nitrogen and oxygen atoms in total. The Morgan fingerprint density at radius 3 is 2.80 bits per heavy atom. The van der Waals surface area contributed by atoms with Gasteiger partial charge >= 0.3 is 0 Å². The number of furan rings is 1. The summed E-state index contributed by atoms with van der Waals surface area (Å²) in [5.74, 6) is 0.